The van der Waals surface area contributed by atoms with Crippen molar-refractivity contribution in [1.29, 1.82) is 0 Å². The first kappa shape index (κ1) is 12.9. The number of hydrogen-bond acceptors (Lipinski definition) is 5. The van der Waals surface area contributed by atoms with Crippen LogP contribution in [0.15, 0.2) is 18.2 Å². The molecule has 1 aromatic heterocycles. The van der Waals surface area contributed by atoms with Gasteiger partial charge in [0.05, 0.1) is 11.6 Å². The van der Waals surface area contributed by atoms with E-state index in [1.165, 1.54) is 0 Å². The number of hydrogen-bond donors (Lipinski definition) is 1. The second-order valence-electron chi connectivity index (χ2n) is 4.97. The van der Waals surface area contributed by atoms with Crippen LogP contribution in [0.25, 0.3) is 11.0 Å². The van der Waals surface area contributed by atoms with E-state index in [9.17, 15) is 4.79 Å². The van der Waals surface area contributed by atoms with Crippen molar-refractivity contribution in [3.8, 4) is 0 Å². The van der Waals surface area contributed by atoms with Crippen molar-refractivity contribution in [3.63, 3.8) is 0 Å². The Morgan fingerprint density at radius 2 is 2.30 bits per heavy atom. The molecular formula is C14H16N4O2. The molecule has 0 aliphatic carbocycles. The molecule has 1 aromatic carbocycles. The van der Waals surface area contributed by atoms with Crippen molar-refractivity contribution in [2.24, 2.45) is 0 Å². The molecule has 6 heteroatoms. The maximum Gasteiger partial charge on any atom is 0.291 e. The van der Waals surface area contributed by atoms with E-state index in [1.54, 1.807) is 0 Å². The number of nitrogens with zero attached hydrogens (tertiary/aromatic N) is 3. The van der Waals surface area contributed by atoms with Crippen LogP contribution in [0.1, 0.15) is 29.0 Å². The van der Waals surface area contributed by atoms with Crippen LogP contribution in [0.4, 0.5) is 0 Å². The Bertz CT molecular complexity index is 638. The fourth-order valence-corrected chi connectivity index (χ4v) is 2.23. The molecule has 2 heterocycles. The van der Waals surface area contributed by atoms with Gasteiger partial charge in [-0.25, -0.2) is 4.98 Å². The molecule has 1 atom stereocenters. The second-order valence-corrected chi connectivity index (χ2v) is 4.97. The minimum absolute atomic E-state index is 0.0982. The van der Waals surface area contributed by atoms with E-state index in [4.69, 9.17) is 4.74 Å². The molecular weight excluding hydrogens is 256 g/mol. The normalized spacial score (nSPS) is 18.4. The molecule has 20 heavy (non-hydrogen) atoms. The molecule has 3 rings (SSSR count). The van der Waals surface area contributed by atoms with Crippen LogP contribution in [0.5, 0.6) is 0 Å². The number of aryl methyl sites for hydroxylation is 1. The lowest BCUT2D eigenvalue weighted by Crippen LogP contribution is -2.33. The average Bonchev–Trinajstić information content (AvgIpc) is 2.97. The highest BCUT2D eigenvalue weighted by molar-refractivity contribution is 5.91. The summed E-state index contributed by atoms with van der Waals surface area (Å²) >= 11 is 0. The van der Waals surface area contributed by atoms with Crippen molar-refractivity contribution in [2.45, 2.75) is 25.9 Å². The average molecular weight is 272 g/mol. The fourth-order valence-electron chi connectivity index (χ4n) is 2.23. The summed E-state index contributed by atoms with van der Waals surface area (Å²) in [5.41, 5.74) is 2.44. The van der Waals surface area contributed by atoms with Gasteiger partial charge in [-0.1, -0.05) is 6.07 Å². The van der Waals surface area contributed by atoms with Gasteiger partial charge in [0.15, 0.2) is 0 Å². The molecule has 6 nitrogen and oxygen atoms in total. The lowest BCUT2D eigenvalue weighted by molar-refractivity contribution is 0.0848. The topological polar surface area (TPSA) is 77.0 Å². The van der Waals surface area contributed by atoms with Crippen LogP contribution in [0.3, 0.4) is 0 Å². The molecule has 104 valence electrons. The van der Waals surface area contributed by atoms with Crippen molar-refractivity contribution >= 4 is 16.9 Å². The van der Waals surface area contributed by atoms with Crippen molar-refractivity contribution in [3.05, 3.63) is 29.6 Å². The Kier molecular flexibility index (Phi) is 3.56. The standard InChI is InChI=1S/C14H16N4O2/c1-9-4-5-11-12(7-9)16-13(18-17-11)14(19)15-8-10-3-2-6-20-10/h4-5,7,10H,2-3,6,8H2,1H3,(H,15,19). The summed E-state index contributed by atoms with van der Waals surface area (Å²) in [6.45, 7) is 3.24. The lowest BCUT2D eigenvalue weighted by Gasteiger charge is -2.09. The van der Waals surface area contributed by atoms with Crippen LogP contribution < -0.4 is 5.32 Å². The molecule has 0 bridgehead atoms. The van der Waals surface area contributed by atoms with E-state index in [-0.39, 0.29) is 17.8 Å². The van der Waals surface area contributed by atoms with Gasteiger partial charge >= 0.3 is 0 Å². The smallest absolute Gasteiger partial charge is 0.291 e. The number of rotatable bonds is 3. The third-order valence-corrected chi connectivity index (χ3v) is 3.33. The van der Waals surface area contributed by atoms with E-state index in [2.05, 4.69) is 20.5 Å². The van der Waals surface area contributed by atoms with Crippen LogP contribution >= 0.6 is 0 Å². The third kappa shape index (κ3) is 2.75. The Morgan fingerprint density at radius 1 is 1.40 bits per heavy atom. The molecule has 0 radical (unpaired) electrons. The van der Waals surface area contributed by atoms with Crippen LogP contribution in [0, 0.1) is 6.92 Å². The summed E-state index contributed by atoms with van der Waals surface area (Å²) in [6.07, 6.45) is 2.14. The SMILES string of the molecule is Cc1ccc2nnc(C(=O)NCC3CCCO3)nc2c1. The Morgan fingerprint density at radius 3 is 3.10 bits per heavy atom. The Hall–Kier alpha value is -2.08. The predicted octanol–water partition coefficient (Wildman–Crippen LogP) is 1.24. The third-order valence-electron chi connectivity index (χ3n) is 3.33. The minimum atomic E-state index is -0.309. The highest BCUT2D eigenvalue weighted by Crippen LogP contribution is 2.12. The largest absolute Gasteiger partial charge is 0.376 e. The Balaban J connectivity index is 1.73. The van der Waals surface area contributed by atoms with Crippen molar-refractivity contribution in [1.82, 2.24) is 20.5 Å². The number of fused-ring (bicyclic) bond motifs is 1. The minimum Gasteiger partial charge on any atom is -0.376 e. The summed E-state index contributed by atoms with van der Waals surface area (Å²) in [4.78, 5) is 16.3. The van der Waals surface area contributed by atoms with E-state index in [0.717, 1.165) is 25.0 Å². The van der Waals surface area contributed by atoms with Crippen LogP contribution in [0.2, 0.25) is 0 Å². The zero-order valence-corrected chi connectivity index (χ0v) is 11.3. The van der Waals surface area contributed by atoms with Gasteiger partial charge in [0.1, 0.15) is 5.52 Å². The molecule has 1 fully saturated rings. The molecule has 1 amide bonds. The fraction of sp³-hybridized carbons (Fsp3) is 0.429. The van der Waals surface area contributed by atoms with E-state index >= 15 is 0 Å². The summed E-state index contributed by atoms with van der Waals surface area (Å²) in [6, 6.07) is 5.68. The first-order valence-corrected chi connectivity index (χ1v) is 6.73. The molecule has 1 saturated heterocycles. The molecule has 1 aliphatic heterocycles. The van der Waals surface area contributed by atoms with Gasteiger partial charge in [0.25, 0.3) is 5.91 Å². The number of aromatic nitrogens is 3. The summed E-state index contributed by atoms with van der Waals surface area (Å²) in [5.74, 6) is -0.211. The summed E-state index contributed by atoms with van der Waals surface area (Å²) < 4.78 is 5.45. The highest BCUT2D eigenvalue weighted by Gasteiger charge is 2.18. The quantitative estimate of drug-likeness (QED) is 0.909. The van der Waals surface area contributed by atoms with Gasteiger partial charge in [0.2, 0.25) is 5.82 Å². The number of carbonyl (C=O) groups excluding carboxylic acids is 1. The van der Waals surface area contributed by atoms with Crippen molar-refractivity contribution < 1.29 is 9.53 Å². The number of ether oxygens (including phenoxy) is 1. The number of amides is 1. The van der Waals surface area contributed by atoms with Crippen molar-refractivity contribution in [2.75, 3.05) is 13.2 Å². The highest BCUT2D eigenvalue weighted by atomic mass is 16.5. The molecule has 1 N–H and O–H groups in total. The molecule has 0 saturated carbocycles. The van der Waals surface area contributed by atoms with Gasteiger partial charge in [-0.2, -0.15) is 0 Å². The van der Waals surface area contributed by atoms with E-state index in [1.807, 2.05) is 25.1 Å². The van der Waals surface area contributed by atoms with Crippen LogP contribution in [-0.2, 0) is 4.74 Å². The molecule has 2 aromatic rings. The van der Waals surface area contributed by atoms with Gasteiger partial charge in [-0.15, -0.1) is 10.2 Å². The van der Waals surface area contributed by atoms with Gasteiger partial charge in [-0.3, -0.25) is 4.79 Å². The molecule has 0 spiro atoms. The number of nitrogens with one attached hydrogen (secondary N) is 1. The summed E-state index contributed by atoms with van der Waals surface area (Å²) in [5, 5.41) is 10.7. The van der Waals surface area contributed by atoms with E-state index in [0.29, 0.717) is 17.6 Å². The monoisotopic (exact) mass is 272 g/mol. The maximum absolute atomic E-state index is 12.0. The molecule has 1 aliphatic rings. The predicted molar refractivity (Wildman–Crippen MR) is 73.4 cm³/mol. The zero-order valence-electron chi connectivity index (χ0n) is 11.3. The maximum atomic E-state index is 12.0. The Labute approximate surface area is 116 Å². The molecule has 1 unspecified atom stereocenters. The van der Waals surface area contributed by atoms with Gasteiger partial charge < -0.3 is 10.1 Å². The number of benzene rings is 1. The van der Waals surface area contributed by atoms with E-state index < -0.39 is 0 Å². The van der Waals surface area contributed by atoms with Gasteiger partial charge in [0, 0.05) is 13.2 Å². The lowest BCUT2D eigenvalue weighted by atomic mass is 10.2. The zero-order chi connectivity index (χ0) is 13.9. The number of carbonyl (C=O) groups is 1. The summed E-state index contributed by atoms with van der Waals surface area (Å²) in [7, 11) is 0. The first-order valence-electron chi connectivity index (χ1n) is 6.73. The second kappa shape index (κ2) is 5.50. The van der Waals surface area contributed by atoms with Gasteiger partial charge in [-0.05, 0) is 37.5 Å². The first-order chi connectivity index (χ1) is 9.72. The van der Waals surface area contributed by atoms with Crippen LogP contribution in [-0.4, -0.2) is 40.3 Å².